The van der Waals surface area contributed by atoms with Crippen molar-refractivity contribution in [3.63, 3.8) is 0 Å². The first kappa shape index (κ1) is 12.6. The number of aryl methyl sites for hydroxylation is 1. The van der Waals surface area contributed by atoms with Crippen molar-refractivity contribution >= 4 is 22.9 Å². The van der Waals surface area contributed by atoms with Crippen LogP contribution in [0.15, 0.2) is 36.4 Å². The number of aliphatic hydroxyl groups is 1. The van der Waals surface area contributed by atoms with E-state index in [-0.39, 0.29) is 0 Å². The molecule has 0 bridgehead atoms. The molecular formula is C14H15ClOS. The van der Waals surface area contributed by atoms with Gasteiger partial charge in [-0.15, -0.1) is 11.3 Å². The molecule has 1 nitrogen and oxygen atoms in total. The minimum atomic E-state index is -0.857. The second kappa shape index (κ2) is 4.81. The molecule has 17 heavy (non-hydrogen) atoms. The predicted octanol–water partition coefficient (Wildman–Crippen LogP) is 4.16. The fourth-order valence-corrected chi connectivity index (χ4v) is 2.94. The molecule has 90 valence electrons. The average Bonchev–Trinajstić information content (AvgIpc) is 2.69. The van der Waals surface area contributed by atoms with Gasteiger partial charge in [-0.05, 0) is 37.6 Å². The number of benzene rings is 1. The standard InChI is InChI=1S/C14H15ClOS/c1-10-7-8-13(17-10)14(2,16)9-11-5-3-4-6-12(11)15/h3-8,16H,9H2,1-2H3. The van der Waals surface area contributed by atoms with E-state index in [1.165, 1.54) is 4.88 Å². The van der Waals surface area contributed by atoms with Crippen LogP contribution >= 0.6 is 22.9 Å². The third-order valence-corrected chi connectivity index (χ3v) is 4.39. The van der Waals surface area contributed by atoms with Crippen molar-refractivity contribution in [3.8, 4) is 0 Å². The molecule has 3 heteroatoms. The lowest BCUT2D eigenvalue weighted by molar-refractivity contribution is 0.0615. The first-order chi connectivity index (χ1) is 7.99. The highest BCUT2D eigenvalue weighted by Crippen LogP contribution is 2.32. The summed E-state index contributed by atoms with van der Waals surface area (Å²) in [6, 6.07) is 11.7. The summed E-state index contributed by atoms with van der Waals surface area (Å²) in [5, 5.41) is 11.2. The zero-order chi connectivity index (χ0) is 12.5. The van der Waals surface area contributed by atoms with E-state index in [9.17, 15) is 5.11 Å². The quantitative estimate of drug-likeness (QED) is 0.884. The van der Waals surface area contributed by atoms with Gasteiger partial charge in [0.1, 0.15) is 5.60 Å². The number of rotatable bonds is 3. The maximum absolute atomic E-state index is 10.5. The van der Waals surface area contributed by atoms with Gasteiger partial charge in [0.25, 0.3) is 0 Å². The van der Waals surface area contributed by atoms with Gasteiger partial charge in [-0.2, -0.15) is 0 Å². The molecule has 1 N–H and O–H groups in total. The van der Waals surface area contributed by atoms with Crippen LogP contribution in [-0.4, -0.2) is 5.11 Å². The van der Waals surface area contributed by atoms with Gasteiger partial charge in [0, 0.05) is 21.2 Å². The summed E-state index contributed by atoms with van der Waals surface area (Å²) in [5.41, 5.74) is 0.120. The maximum atomic E-state index is 10.5. The SMILES string of the molecule is Cc1ccc(C(C)(O)Cc2ccccc2Cl)s1. The van der Waals surface area contributed by atoms with Crippen molar-refractivity contribution in [2.45, 2.75) is 25.9 Å². The Balaban J connectivity index is 2.26. The van der Waals surface area contributed by atoms with Gasteiger partial charge < -0.3 is 5.11 Å². The molecule has 0 saturated carbocycles. The zero-order valence-electron chi connectivity index (χ0n) is 9.90. The van der Waals surface area contributed by atoms with Crippen LogP contribution in [-0.2, 0) is 12.0 Å². The largest absolute Gasteiger partial charge is 0.384 e. The smallest absolute Gasteiger partial charge is 0.100 e. The van der Waals surface area contributed by atoms with Crippen LogP contribution in [0.4, 0.5) is 0 Å². The van der Waals surface area contributed by atoms with Crippen LogP contribution in [0.1, 0.15) is 22.2 Å². The summed E-state index contributed by atoms with van der Waals surface area (Å²) >= 11 is 7.74. The van der Waals surface area contributed by atoms with Crippen LogP contribution in [0.5, 0.6) is 0 Å². The van der Waals surface area contributed by atoms with E-state index in [0.29, 0.717) is 11.4 Å². The van der Waals surface area contributed by atoms with Crippen LogP contribution in [0.3, 0.4) is 0 Å². The van der Waals surface area contributed by atoms with Gasteiger partial charge in [0.05, 0.1) is 0 Å². The normalized spacial score (nSPS) is 14.6. The summed E-state index contributed by atoms with van der Waals surface area (Å²) in [6.07, 6.45) is 0.534. The monoisotopic (exact) mass is 266 g/mol. The van der Waals surface area contributed by atoms with Crippen molar-refractivity contribution in [1.29, 1.82) is 0 Å². The lowest BCUT2D eigenvalue weighted by Gasteiger charge is -2.22. The third kappa shape index (κ3) is 2.89. The molecule has 0 amide bonds. The van der Waals surface area contributed by atoms with Crippen molar-refractivity contribution < 1.29 is 5.11 Å². The maximum Gasteiger partial charge on any atom is 0.100 e. The van der Waals surface area contributed by atoms with E-state index >= 15 is 0 Å². The van der Waals surface area contributed by atoms with Gasteiger partial charge in [0.2, 0.25) is 0 Å². The Morgan fingerprint density at radius 2 is 1.94 bits per heavy atom. The first-order valence-corrected chi connectivity index (χ1v) is 6.71. The molecule has 2 aromatic rings. The first-order valence-electron chi connectivity index (χ1n) is 5.52. The second-order valence-corrected chi connectivity index (χ2v) is 6.15. The van der Waals surface area contributed by atoms with Crippen molar-refractivity contribution in [3.05, 3.63) is 56.7 Å². The minimum absolute atomic E-state index is 0.534. The topological polar surface area (TPSA) is 20.2 Å². The Morgan fingerprint density at radius 3 is 2.53 bits per heavy atom. The molecular weight excluding hydrogens is 252 g/mol. The van der Waals surface area contributed by atoms with E-state index in [1.807, 2.05) is 50.2 Å². The Hall–Kier alpha value is -0.830. The number of halogens is 1. The number of hydrogen-bond acceptors (Lipinski definition) is 2. The van der Waals surface area contributed by atoms with Gasteiger partial charge >= 0.3 is 0 Å². The Morgan fingerprint density at radius 1 is 1.24 bits per heavy atom. The van der Waals surface area contributed by atoms with Crippen molar-refractivity contribution in [1.82, 2.24) is 0 Å². The molecule has 0 aliphatic heterocycles. The Kier molecular flexibility index (Phi) is 3.57. The van der Waals surface area contributed by atoms with E-state index in [1.54, 1.807) is 11.3 Å². The van der Waals surface area contributed by atoms with E-state index in [2.05, 4.69) is 0 Å². The van der Waals surface area contributed by atoms with Crippen molar-refractivity contribution in [2.75, 3.05) is 0 Å². The minimum Gasteiger partial charge on any atom is -0.384 e. The molecule has 0 fully saturated rings. The van der Waals surface area contributed by atoms with Crippen LogP contribution < -0.4 is 0 Å². The zero-order valence-corrected chi connectivity index (χ0v) is 11.5. The van der Waals surface area contributed by atoms with Crippen molar-refractivity contribution in [2.24, 2.45) is 0 Å². The van der Waals surface area contributed by atoms with Crippen LogP contribution in [0, 0.1) is 6.92 Å². The summed E-state index contributed by atoms with van der Waals surface area (Å²) < 4.78 is 0. The molecule has 0 spiro atoms. The molecule has 1 atom stereocenters. The summed E-state index contributed by atoms with van der Waals surface area (Å²) in [5.74, 6) is 0. The Labute approximate surface area is 111 Å². The predicted molar refractivity (Wildman–Crippen MR) is 73.8 cm³/mol. The average molecular weight is 267 g/mol. The molecule has 0 aliphatic carbocycles. The molecule has 1 aromatic carbocycles. The molecule has 2 rings (SSSR count). The van der Waals surface area contributed by atoms with Gasteiger partial charge in [-0.25, -0.2) is 0 Å². The molecule has 1 aromatic heterocycles. The van der Waals surface area contributed by atoms with Gasteiger partial charge in [-0.1, -0.05) is 29.8 Å². The van der Waals surface area contributed by atoms with E-state index in [0.717, 1.165) is 10.4 Å². The highest BCUT2D eigenvalue weighted by Gasteiger charge is 2.25. The van der Waals surface area contributed by atoms with E-state index < -0.39 is 5.60 Å². The second-order valence-electron chi connectivity index (χ2n) is 4.45. The third-order valence-electron chi connectivity index (χ3n) is 2.76. The molecule has 0 aliphatic rings. The summed E-state index contributed by atoms with van der Waals surface area (Å²) in [7, 11) is 0. The summed E-state index contributed by atoms with van der Waals surface area (Å²) in [4.78, 5) is 2.19. The Bertz CT molecular complexity index is 516. The van der Waals surface area contributed by atoms with Gasteiger partial charge in [-0.3, -0.25) is 0 Å². The fourth-order valence-electron chi connectivity index (χ4n) is 1.82. The molecule has 0 saturated heterocycles. The number of thiophene rings is 1. The number of hydrogen-bond donors (Lipinski definition) is 1. The summed E-state index contributed by atoms with van der Waals surface area (Å²) in [6.45, 7) is 3.88. The molecule has 1 unspecified atom stereocenters. The highest BCUT2D eigenvalue weighted by molar-refractivity contribution is 7.12. The van der Waals surface area contributed by atoms with E-state index in [4.69, 9.17) is 11.6 Å². The fraction of sp³-hybridized carbons (Fsp3) is 0.286. The lowest BCUT2D eigenvalue weighted by atomic mass is 9.95. The molecule has 0 radical (unpaired) electrons. The van der Waals surface area contributed by atoms with Gasteiger partial charge in [0.15, 0.2) is 0 Å². The molecule has 1 heterocycles. The van der Waals surface area contributed by atoms with Crippen LogP contribution in [0.2, 0.25) is 5.02 Å². The highest BCUT2D eigenvalue weighted by atomic mass is 35.5. The lowest BCUT2D eigenvalue weighted by Crippen LogP contribution is -2.23. The van der Waals surface area contributed by atoms with Crippen LogP contribution in [0.25, 0.3) is 0 Å².